The van der Waals surface area contributed by atoms with Gasteiger partial charge in [-0.15, -0.1) is 0 Å². The Morgan fingerprint density at radius 1 is 1.18 bits per heavy atom. The first-order chi connectivity index (χ1) is 7.91. The summed E-state index contributed by atoms with van der Waals surface area (Å²) in [6, 6.07) is 3.87. The van der Waals surface area contributed by atoms with Crippen molar-refractivity contribution in [2.45, 2.75) is 20.8 Å². The van der Waals surface area contributed by atoms with E-state index in [9.17, 15) is 0 Å². The number of halogens is 1. The topological polar surface area (TPSA) is 49.7 Å². The lowest BCUT2D eigenvalue weighted by atomic mass is 9.94. The molecule has 0 unspecified atom stereocenters. The minimum Gasteiger partial charge on any atom is -0.493 e. The van der Waals surface area contributed by atoms with Crippen molar-refractivity contribution in [2.24, 2.45) is 5.41 Å². The van der Waals surface area contributed by atoms with Gasteiger partial charge in [-0.05, 0) is 37.1 Å². The predicted molar refractivity (Wildman–Crippen MR) is 71.4 cm³/mol. The summed E-state index contributed by atoms with van der Waals surface area (Å²) < 4.78 is 6.71. The summed E-state index contributed by atoms with van der Waals surface area (Å²) in [5.41, 5.74) is 1.61. The maximum absolute atomic E-state index is 9.17. The highest BCUT2D eigenvalue weighted by atomic mass is 79.9. The van der Waals surface area contributed by atoms with Crippen LogP contribution in [0.15, 0.2) is 16.6 Å². The van der Waals surface area contributed by atoms with Gasteiger partial charge >= 0.3 is 0 Å². The summed E-state index contributed by atoms with van der Waals surface area (Å²) in [6.07, 6.45) is 0. The zero-order valence-corrected chi connectivity index (χ0v) is 12.0. The first kappa shape index (κ1) is 14.5. The van der Waals surface area contributed by atoms with E-state index in [1.807, 2.05) is 26.0 Å². The number of aliphatic hydroxyl groups excluding tert-OH is 2. The minimum atomic E-state index is -0.602. The molecule has 0 heterocycles. The number of rotatable bonds is 5. The summed E-state index contributed by atoms with van der Waals surface area (Å²) in [4.78, 5) is 0. The highest BCUT2D eigenvalue weighted by molar-refractivity contribution is 9.10. The van der Waals surface area contributed by atoms with E-state index < -0.39 is 5.41 Å². The Labute approximate surface area is 111 Å². The first-order valence-electron chi connectivity index (χ1n) is 5.53. The Balaban J connectivity index is 2.76. The van der Waals surface area contributed by atoms with Gasteiger partial charge in [0.15, 0.2) is 0 Å². The molecule has 96 valence electrons. The molecule has 4 heteroatoms. The lowest BCUT2D eigenvalue weighted by Gasteiger charge is -2.24. The monoisotopic (exact) mass is 302 g/mol. The molecule has 0 aliphatic heterocycles. The van der Waals surface area contributed by atoms with Gasteiger partial charge in [-0.1, -0.05) is 22.9 Å². The summed E-state index contributed by atoms with van der Waals surface area (Å²) in [7, 11) is 0. The van der Waals surface area contributed by atoms with Crippen LogP contribution in [0, 0.1) is 19.3 Å². The van der Waals surface area contributed by atoms with Crippen molar-refractivity contribution < 1.29 is 14.9 Å². The Morgan fingerprint density at radius 3 is 2.06 bits per heavy atom. The van der Waals surface area contributed by atoms with Gasteiger partial charge in [0.1, 0.15) is 5.75 Å². The fourth-order valence-corrected chi connectivity index (χ4v) is 1.62. The van der Waals surface area contributed by atoms with Crippen LogP contribution in [-0.2, 0) is 0 Å². The highest BCUT2D eigenvalue weighted by Crippen LogP contribution is 2.27. The Morgan fingerprint density at radius 2 is 1.65 bits per heavy atom. The van der Waals surface area contributed by atoms with Crippen LogP contribution in [-0.4, -0.2) is 30.0 Å². The van der Waals surface area contributed by atoms with E-state index in [4.69, 9.17) is 14.9 Å². The van der Waals surface area contributed by atoms with E-state index in [2.05, 4.69) is 15.9 Å². The van der Waals surface area contributed by atoms with Gasteiger partial charge in [-0.3, -0.25) is 0 Å². The molecule has 0 saturated heterocycles. The quantitative estimate of drug-likeness (QED) is 0.878. The van der Waals surface area contributed by atoms with Crippen LogP contribution in [0.5, 0.6) is 5.75 Å². The number of aliphatic hydroxyl groups is 2. The van der Waals surface area contributed by atoms with Crippen molar-refractivity contribution in [1.29, 1.82) is 0 Å². The smallest absolute Gasteiger partial charge is 0.119 e. The molecule has 0 radical (unpaired) electrons. The van der Waals surface area contributed by atoms with Gasteiger partial charge in [0.05, 0.1) is 19.8 Å². The highest BCUT2D eigenvalue weighted by Gasteiger charge is 2.23. The molecular weight excluding hydrogens is 284 g/mol. The van der Waals surface area contributed by atoms with E-state index in [0.717, 1.165) is 21.3 Å². The molecule has 0 fully saturated rings. The zero-order chi connectivity index (χ0) is 13.1. The van der Waals surface area contributed by atoms with Crippen LogP contribution in [0.25, 0.3) is 0 Å². The number of benzene rings is 1. The Hall–Kier alpha value is -0.580. The van der Waals surface area contributed by atoms with Crippen molar-refractivity contribution in [3.8, 4) is 5.75 Å². The average Bonchev–Trinajstić information content (AvgIpc) is 2.32. The molecule has 0 aliphatic carbocycles. The SMILES string of the molecule is Cc1cc(OCC(C)(CO)CO)cc(C)c1Br. The summed E-state index contributed by atoms with van der Waals surface area (Å²) in [5.74, 6) is 0.760. The van der Waals surface area contributed by atoms with Crippen molar-refractivity contribution >= 4 is 15.9 Å². The third-order valence-corrected chi connectivity index (χ3v) is 4.01. The van der Waals surface area contributed by atoms with Crippen LogP contribution in [0.1, 0.15) is 18.1 Å². The number of hydrogen-bond acceptors (Lipinski definition) is 3. The van der Waals surface area contributed by atoms with Crippen LogP contribution in [0.3, 0.4) is 0 Å². The van der Waals surface area contributed by atoms with Crippen molar-refractivity contribution in [1.82, 2.24) is 0 Å². The standard InChI is InChI=1S/C13H19BrO3/c1-9-4-11(5-10(2)12(9)14)17-8-13(3,6-15)7-16/h4-5,15-16H,6-8H2,1-3H3. The fraction of sp³-hybridized carbons (Fsp3) is 0.538. The van der Waals surface area contributed by atoms with Crippen LogP contribution in [0.4, 0.5) is 0 Å². The molecule has 1 aromatic carbocycles. The van der Waals surface area contributed by atoms with Crippen molar-refractivity contribution in [2.75, 3.05) is 19.8 Å². The van der Waals surface area contributed by atoms with Gasteiger partial charge in [0, 0.05) is 9.89 Å². The Bertz CT molecular complexity index is 363. The van der Waals surface area contributed by atoms with E-state index in [1.54, 1.807) is 6.92 Å². The third kappa shape index (κ3) is 3.69. The lowest BCUT2D eigenvalue weighted by Crippen LogP contribution is -2.33. The number of aryl methyl sites for hydroxylation is 2. The average molecular weight is 303 g/mol. The minimum absolute atomic E-state index is 0.0992. The van der Waals surface area contributed by atoms with Crippen LogP contribution in [0.2, 0.25) is 0 Å². The zero-order valence-electron chi connectivity index (χ0n) is 10.5. The molecule has 0 aliphatic rings. The van der Waals surface area contributed by atoms with Crippen LogP contribution < -0.4 is 4.74 Å². The van der Waals surface area contributed by atoms with Crippen molar-refractivity contribution in [3.05, 3.63) is 27.7 Å². The maximum Gasteiger partial charge on any atom is 0.119 e. The number of ether oxygens (including phenoxy) is 1. The molecule has 2 N–H and O–H groups in total. The molecule has 0 bridgehead atoms. The second-order valence-electron chi connectivity index (χ2n) is 4.79. The molecule has 17 heavy (non-hydrogen) atoms. The summed E-state index contributed by atoms with van der Waals surface area (Å²) >= 11 is 3.50. The molecule has 0 aromatic heterocycles. The van der Waals surface area contributed by atoms with Gasteiger partial charge < -0.3 is 14.9 Å². The van der Waals surface area contributed by atoms with Gasteiger partial charge in [0.25, 0.3) is 0 Å². The van der Waals surface area contributed by atoms with Crippen molar-refractivity contribution in [3.63, 3.8) is 0 Å². The predicted octanol–water partition coefficient (Wildman–Crippen LogP) is 2.44. The van der Waals surface area contributed by atoms with E-state index in [0.29, 0.717) is 6.61 Å². The normalized spacial score (nSPS) is 11.6. The first-order valence-corrected chi connectivity index (χ1v) is 6.32. The van der Waals surface area contributed by atoms with Gasteiger partial charge in [0.2, 0.25) is 0 Å². The number of hydrogen-bond donors (Lipinski definition) is 2. The molecular formula is C13H19BrO3. The molecule has 0 atom stereocenters. The fourth-order valence-electron chi connectivity index (χ4n) is 1.39. The largest absolute Gasteiger partial charge is 0.493 e. The second-order valence-corrected chi connectivity index (χ2v) is 5.58. The molecule has 0 spiro atoms. The molecule has 0 amide bonds. The summed E-state index contributed by atoms with van der Waals surface area (Å²) in [5, 5.41) is 18.3. The molecule has 1 aromatic rings. The maximum atomic E-state index is 9.17. The molecule has 1 rings (SSSR count). The van der Waals surface area contributed by atoms with E-state index in [1.165, 1.54) is 0 Å². The second kappa shape index (κ2) is 5.85. The van der Waals surface area contributed by atoms with E-state index >= 15 is 0 Å². The third-order valence-electron chi connectivity index (χ3n) is 2.76. The van der Waals surface area contributed by atoms with E-state index in [-0.39, 0.29) is 13.2 Å². The molecule has 0 saturated carbocycles. The Kier molecular flexibility index (Phi) is 4.98. The van der Waals surface area contributed by atoms with Gasteiger partial charge in [-0.2, -0.15) is 0 Å². The molecule has 3 nitrogen and oxygen atoms in total. The summed E-state index contributed by atoms with van der Waals surface area (Å²) in [6.45, 7) is 5.88. The lowest BCUT2D eigenvalue weighted by molar-refractivity contribution is 0.0287. The van der Waals surface area contributed by atoms with Crippen LogP contribution >= 0.6 is 15.9 Å². The van der Waals surface area contributed by atoms with Gasteiger partial charge in [-0.25, -0.2) is 0 Å².